The Balaban J connectivity index is 2.07. The number of rotatable bonds is 3. The fraction of sp³-hybridized carbons (Fsp3) is 0.500. The minimum absolute atomic E-state index is 0.000428. The average molecular weight is 299 g/mol. The van der Waals surface area contributed by atoms with Gasteiger partial charge in [0.1, 0.15) is 0 Å². The maximum atomic E-state index is 11.6. The first-order chi connectivity index (χ1) is 9.41. The molecule has 1 aliphatic rings. The molecule has 2 rings (SSSR count). The van der Waals surface area contributed by atoms with Crippen LogP contribution in [0.1, 0.15) is 24.2 Å². The van der Waals surface area contributed by atoms with Crippen LogP contribution in [0, 0.1) is 0 Å². The molecule has 1 heterocycles. The summed E-state index contributed by atoms with van der Waals surface area (Å²) in [5.74, 6) is -0.701. The van der Waals surface area contributed by atoms with Crippen molar-refractivity contribution in [3.05, 3.63) is 28.8 Å². The molecule has 1 fully saturated rings. The molecule has 0 bridgehead atoms. The zero-order valence-corrected chi connectivity index (χ0v) is 12.6. The van der Waals surface area contributed by atoms with Crippen LogP contribution in [0.15, 0.2) is 18.2 Å². The topological polar surface area (TPSA) is 59.6 Å². The molecule has 2 N–H and O–H groups in total. The third-order valence-corrected chi connectivity index (χ3v) is 3.41. The summed E-state index contributed by atoms with van der Waals surface area (Å²) >= 11 is 6.14. The van der Waals surface area contributed by atoms with Crippen LogP contribution in [0.2, 0.25) is 5.02 Å². The summed E-state index contributed by atoms with van der Waals surface area (Å²) in [5.41, 5.74) is 1.25. The van der Waals surface area contributed by atoms with E-state index in [2.05, 4.69) is 10.6 Å². The molecule has 110 valence electrons. The van der Waals surface area contributed by atoms with Gasteiger partial charge in [0, 0.05) is 12.6 Å². The van der Waals surface area contributed by atoms with E-state index in [1.54, 1.807) is 25.2 Å². The van der Waals surface area contributed by atoms with Crippen LogP contribution in [0.25, 0.3) is 0 Å². The monoisotopic (exact) mass is 298 g/mol. The van der Waals surface area contributed by atoms with Crippen LogP contribution >= 0.6 is 11.6 Å². The van der Waals surface area contributed by atoms with Gasteiger partial charge < -0.3 is 20.1 Å². The zero-order chi connectivity index (χ0) is 14.8. The predicted molar refractivity (Wildman–Crippen MR) is 78.2 cm³/mol. The van der Waals surface area contributed by atoms with Gasteiger partial charge in [0.05, 0.1) is 30.0 Å². The Bertz CT molecular complexity index is 495. The molecule has 1 aliphatic heterocycles. The van der Waals surface area contributed by atoms with Crippen LogP contribution in [0.5, 0.6) is 0 Å². The summed E-state index contributed by atoms with van der Waals surface area (Å²) < 4.78 is 11.2. The lowest BCUT2D eigenvalue weighted by Crippen LogP contribution is -2.45. The van der Waals surface area contributed by atoms with Gasteiger partial charge in [0.2, 0.25) is 0 Å². The lowest BCUT2D eigenvalue weighted by molar-refractivity contribution is -0.247. The zero-order valence-electron chi connectivity index (χ0n) is 11.8. The molecule has 1 saturated heterocycles. The second kappa shape index (κ2) is 5.99. The minimum atomic E-state index is -0.550. The highest BCUT2D eigenvalue weighted by Gasteiger charge is 2.28. The molecule has 0 aliphatic carbocycles. The molecule has 20 heavy (non-hydrogen) atoms. The maximum Gasteiger partial charge on any atom is 0.251 e. The average Bonchev–Trinajstić information content (AvgIpc) is 2.42. The van der Waals surface area contributed by atoms with Crippen LogP contribution in [-0.2, 0) is 9.47 Å². The number of halogens is 1. The SMILES string of the molecule is CNC(=O)c1ccc(Cl)c(NC2COC(C)(C)OC2)c1. The summed E-state index contributed by atoms with van der Waals surface area (Å²) in [7, 11) is 1.59. The molecule has 1 aromatic carbocycles. The first kappa shape index (κ1) is 15.1. The molecule has 0 saturated carbocycles. The van der Waals surface area contributed by atoms with Crippen molar-refractivity contribution in [3.63, 3.8) is 0 Å². The van der Waals surface area contributed by atoms with Crippen molar-refractivity contribution in [1.29, 1.82) is 0 Å². The van der Waals surface area contributed by atoms with Gasteiger partial charge in [-0.25, -0.2) is 0 Å². The predicted octanol–water partition coefficient (Wildman–Crippen LogP) is 2.26. The fourth-order valence-corrected chi connectivity index (χ4v) is 2.09. The highest BCUT2D eigenvalue weighted by Crippen LogP contribution is 2.26. The van der Waals surface area contributed by atoms with Gasteiger partial charge >= 0.3 is 0 Å². The lowest BCUT2D eigenvalue weighted by Gasteiger charge is -2.35. The Kier molecular flexibility index (Phi) is 4.52. The van der Waals surface area contributed by atoms with E-state index < -0.39 is 5.79 Å². The van der Waals surface area contributed by atoms with Crippen molar-refractivity contribution in [1.82, 2.24) is 5.32 Å². The summed E-state index contributed by atoms with van der Waals surface area (Å²) in [6, 6.07) is 5.10. The van der Waals surface area contributed by atoms with Gasteiger partial charge in [-0.2, -0.15) is 0 Å². The highest BCUT2D eigenvalue weighted by atomic mass is 35.5. The van der Waals surface area contributed by atoms with E-state index in [9.17, 15) is 4.79 Å². The third kappa shape index (κ3) is 3.62. The molecule has 1 aromatic rings. The van der Waals surface area contributed by atoms with Gasteiger partial charge in [-0.1, -0.05) is 11.6 Å². The Labute approximate surface area is 123 Å². The number of anilines is 1. The van der Waals surface area contributed by atoms with Crippen LogP contribution in [0.3, 0.4) is 0 Å². The van der Waals surface area contributed by atoms with Crippen molar-refractivity contribution in [2.24, 2.45) is 0 Å². The van der Waals surface area contributed by atoms with Crippen LogP contribution in [0.4, 0.5) is 5.69 Å². The van der Waals surface area contributed by atoms with Crippen LogP contribution in [-0.4, -0.2) is 38.0 Å². The summed E-state index contributed by atoms with van der Waals surface area (Å²) in [6.45, 7) is 4.80. The summed E-state index contributed by atoms with van der Waals surface area (Å²) in [4.78, 5) is 11.6. The van der Waals surface area contributed by atoms with E-state index in [1.807, 2.05) is 13.8 Å². The Morgan fingerprint density at radius 3 is 2.60 bits per heavy atom. The van der Waals surface area contributed by atoms with Gasteiger partial charge in [0.25, 0.3) is 5.91 Å². The van der Waals surface area contributed by atoms with Gasteiger partial charge in [-0.05, 0) is 32.0 Å². The Morgan fingerprint density at radius 2 is 2.00 bits per heavy atom. The van der Waals surface area contributed by atoms with E-state index in [-0.39, 0.29) is 11.9 Å². The van der Waals surface area contributed by atoms with Gasteiger partial charge in [0.15, 0.2) is 5.79 Å². The molecule has 0 atom stereocenters. The van der Waals surface area contributed by atoms with E-state index in [0.29, 0.717) is 29.5 Å². The molecule has 0 unspecified atom stereocenters. The number of nitrogens with one attached hydrogen (secondary N) is 2. The molecule has 0 aromatic heterocycles. The number of carbonyl (C=O) groups is 1. The highest BCUT2D eigenvalue weighted by molar-refractivity contribution is 6.33. The van der Waals surface area contributed by atoms with E-state index in [0.717, 1.165) is 0 Å². The lowest BCUT2D eigenvalue weighted by atomic mass is 10.1. The first-order valence-corrected chi connectivity index (χ1v) is 6.85. The third-order valence-electron chi connectivity index (χ3n) is 3.08. The maximum absolute atomic E-state index is 11.6. The standard InChI is InChI=1S/C14H19ClN2O3/c1-14(2)19-7-10(8-20-14)17-12-6-9(13(18)16-3)4-5-11(12)15/h4-6,10,17H,7-8H2,1-3H3,(H,16,18). The first-order valence-electron chi connectivity index (χ1n) is 6.47. The van der Waals surface area contributed by atoms with E-state index in [1.165, 1.54) is 0 Å². The molecule has 1 amide bonds. The van der Waals surface area contributed by atoms with Gasteiger partial charge in [-0.15, -0.1) is 0 Å². The number of hydrogen-bond donors (Lipinski definition) is 2. The molecule has 0 radical (unpaired) electrons. The van der Waals surface area contributed by atoms with E-state index >= 15 is 0 Å². The molecular formula is C14H19ClN2O3. The van der Waals surface area contributed by atoms with Crippen molar-refractivity contribution in [3.8, 4) is 0 Å². The fourth-order valence-electron chi connectivity index (χ4n) is 1.92. The van der Waals surface area contributed by atoms with Crippen molar-refractivity contribution >= 4 is 23.2 Å². The molecule has 0 spiro atoms. The van der Waals surface area contributed by atoms with Crippen molar-refractivity contribution in [2.45, 2.75) is 25.7 Å². The number of hydrogen-bond acceptors (Lipinski definition) is 4. The molecule has 6 heteroatoms. The Morgan fingerprint density at radius 1 is 1.35 bits per heavy atom. The second-order valence-electron chi connectivity index (χ2n) is 5.14. The second-order valence-corrected chi connectivity index (χ2v) is 5.54. The van der Waals surface area contributed by atoms with Crippen LogP contribution < -0.4 is 10.6 Å². The summed E-state index contributed by atoms with van der Waals surface area (Å²) in [5, 5.41) is 6.39. The van der Waals surface area contributed by atoms with Crippen molar-refractivity contribution < 1.29 is 14.3 Å². The number of benzene rings is 1. The number of amides is 1. The normalized spacial score (nSPS) is 18.6. The molecular weight excluding hydrogens is 280 g/mol. The number of carbonyl (C=O) groups excluding carboxylic acids is 1. The number of ether oxygens (including phenoxy) is 2. The quantitative estimate of drug-likeness (QED) is 0.899. The molecule has 5 nitrogen and oxygen atoms in total. The van der Waals surface area contributed by atoms with E-state index in [4.69, 9.17) is 21.1 Å². The van der Waals surface area contributed by atoms with Crippen molar-refractivity contribution in [2.75, 3.05) is 25.6 Å². The smallest absolute Gasteiger partial charge is 0.251 e. The largest absolute Gasteiger partial charge is 0.376 e. The van der Waals surface area contributed by atoms with Gasteiger partial charge in [-0.3, -0.25) is 4.79 Å². The summed E-state index contributed by atoms with van der Waals surface area (Å²) in [6.07, 6.45) is 0. The Hall–Kier alpha value is -1.30. The minimum Gasteiger partial charge on any atom is -0.376 e.